The lowest BCUT2D eigenvalue weighted by molar-refractivity contribution is -0.126. The van der Waals surface area contributed by atoms with E-state index in [2.05, 4.69) is 5.32 Å². The van der Waals surface area contributed by atoms with Gasteiger partial charge in [0.15, 0.2) is 0 Å². The maximum absolute atomic E-state index is 13.2. The molecule has 1 N–H and O–H groups in total. The number of nitrogens with zero attached hydrogens (tertiary/aromatic N) is 1. The van der Waals surface area contributed by atoms with Gasteiger partial charge in [0.05, 0.1) is 4.90 Å². The monoisotopic (exact) mass is 342 g/mol. The highest BCUT2D eigenvalue weighted by Gasteiger charge is 2.32. The molecule has 1 fully saturated rings. The van der Waals surface area contributed by atoms with Gasteiger partial charge in [-0.2, -0.15) is 4.31 Å². The third-order valence-electron chi connectivity index (χ3n) is 4.13. The summed E-state index contributed by atoms with van der Waals surface area (Å²) < 4.78 is 39.9. The van der Waals surface area contributed by atoms with E-state index in [9.17, 15) is 17.6 Å². The molecule has 7 heteroatoms. The molecule has 0 spiro atoms. The minimum Gasteiger partial charge on any atom is -0.356 e. The second kappa shape index (κ2) is 7.40. The van der Waals surface area contributed by atoms with E-state index in [0.29, 0.717) is 38.0 Å². The van der Waals surface area contributed by atoms with Crippen LogP contribution in [0.3, 0.4) is 0 Å². The van der Waals surface area contributed by atoms with Gasteiger partial charge in [0, 0.05) is 25.6 Å². The molecule has 0 aromatic heterocycles. The molecule has 1 aliphatic rings. The molecule has 2 rings (SSSR count). The van der Waals surface area contributed by atoms with Crippen LogP contribution in [0.2, 0.25) is 0 Å². The molecule has 128 valence electrons. The summed E-state index contributed by atoms with van der Waals surface area (Å²) in [6.07, 6.45) is 1.90. The third-order valence-corrected chi connectivity index (χ3v) is 6.19. The van der Waals surface area contributed by atoms with Crippen LogP contribution in [0.1, 0.15) is 31.7 Å². The van der Waals surface area contributed by atoms with Crippen molar-refractivity contribution in [3.05, 3.63) is 29.6 Å². The number of nitrogens with one attached hydrogen (secondary N) is 1. The highest BCUT2D eigenvalue weighted by atomic mass is 32.2. The number of benzene rings is 1. The molecular formula is C16H23FN2O3S. The van der Waals surface area contributed by atoms with Gasteiger partial charge in [-0.3, -0.25) is 4.79 Å². The summed E-state index contributed by atoms with van der Waals surface area (Å²) in [6.45, 7) is 4.83. The number of rotatable bonds is 5. The van der Waals surface area contributed by atoms with E-state index in [1.807, 2.05) is 6.92 Å². The molecular weight excluding hydrogens is 319 g/mol. The molecule has 1 saturated heterocycles. The van der Waals surface area contributed by atoms with Crippen molar-refractivity contribution in [2.45, 2.75) is 38.0 Å². The molecule has 1 aromatic rings. The fourth-order valence-corrected chi connectivity index (χ4v) is 4.47. The summed E-state index contributed by atoms with van der Waals surface area (Å²) in [5.41, 5.74) is 0.396. The first kappa shape index (κ1) is 17.9. The standard InChI is InChI=1S/C16H23FN2O3S/c1-3-8-18-16(20)13-6-9-19(10-7-13)23(21,22)15-5-4-14(17)11-12(15)2/h4-5,11,13H,3,6-10H2,1-2H3,(H,18,20). The number of halogens is 1. The van der Waals surface area contributed by atoms with E-state index >= 15 is 0 Å². The molecule has 1 aromatic carbocycles. The van der Waals surface area contributed by atoms with E-state index in [1.165, 1.54) is 16.4 Å². The highest BCUT2D eigenvalue weighted by Crippen LogP contribution is 2.26. The van der Waals surface area contributed by atoms with Gasteiger partial charge >= 0.3 is 0 Å². The van der Waals surface area contributed by atoms with Gasteiger partial charge < -0.3 is 5.32 Å². The lowest BCUT2D eigenvalue weighted by atomic mass is 9.97. The predicted octanol–water partition coefficient (Wildman–Crippen LogP) is 2.06. The zero-order chi connectivity index (χ0) is 17.0. The van der Waals surface area contributed by atoms with Crippen molar-refractivity contribution in [3.8, 4) is 0 Å². The van der Waals surface area contributed by atoms with E-state index in [-0.39, 0.29) is 16.7 Å². The highest BCUT2D eigenvalue weighted by molar-refractivity contribution is 7.89. The number of amides is 1. The maximum atomic E-state index is 13.2. The Bertz CT molecular complexity index is 668. The van der Waals surface area contributed by atoms with Crippen LogP contribution in [-0.4, -0.2) is 38.3 Å². The number of hydrogen-bond donors (Lipinski definition) is 1. The average molecular weight is 342 g/mol. The fraction of sp³-hybridized carbons (Fsp3) is 0.562. The average Bonchev–Trinajstić information content (AvgIpc) is 2.52. The van der Waals surface area contributed by atoms with Crippen LogP contribution in [0.5, 0.6) is 0 Å². The second-order valence-electron chi connectivity index (χ2n) is 5.88. The molecule has 0 radical (unpaired) electrons. The summed E-state index contributed by atoms with van der Waals surface area (Å²) in [5, 5.41) is 2.85. The van der Waals surface area contributed by atoms with Gasteiger partial charge in [-0.25, -0.2) is 12.8 Å². The Hall–Kier alpha value is -1.47. The van der Waals surface area contributed by atoms with Gasteiger partial charge in [0.1, 0.15) is 5.82 Å². The van der Waals surface area contributed by atoms with E-state index in [1.54, 1.807) is 6.92 Å². The lowest BCUT2D eigenvalue weighted by Gasteiger charge is -2.31. The van der Waals surface area contributed by atoms with Crippen LogP contribution in [0.4, 0.5) is 4.39 Å². The number of hydrogen-bond acceptors (Lipinski definition) is 3. The summed E-state index contributed by atoms with van der Waals surface area (Å²) in [5.74, 6) is -0.586. The number of piperidine rings is 1. The van der Waals surface area contributed by atoms with E-state index < -0.39 is 15.8 Å². The van der Waals surface area contributed by atoms with Gasteiger partial charge in [-0.1, -0.05) is 6.92 Å². The van der Waals surface area contributed by atoms with Crippen LogP contribution in [0.15, 0.2) is 23.1 Å². The molecule has 0 atom stereocenters. The van der Waals surface area contributed by atoms with Gasteiger partial charge in [0.25, 0.3) is 0 Å². The summed E-state index contributed by atoms with van der Waals surface area (Å²) in [4.78, 5) is 12.1. The van der Waals surface area contributed by atoms with Crippen LogP contribution < -0.4 is 5.32 Å². The molecule has 0 aliphatic carbocycles. The third kappa shape index (κ3) is 4.09. The van der Waals surface area contributed by atoms with Crippen LogP contribution in [0.25, 0.3) is 0 Å². The molecule has 1 heterocycles. The van der Waals surface area contributed by atoms with Crippen LogP contribution >= 0.6 is 0 Å². The molecule has 5 nitrogen and oxygen atoms in total. The molecule has 23 heavy (non-hydrogen) atoms. The predicted molar refractivity (Wildman–Crippen MR) is 85.9 cm³/mol. The minimum absolute atomic E-state index is 0.00172. The Morgan fingerprint density at radius 2 is 2.00 bits per heavy atom. The number of carbonyl (C=O) groups excluding carboxylic acids is 1. The quantitative estimate of drug-likeness (QED) is 0.891. The van der Waals surface area contributed by atoms with Crippen molar-refractivity contribution in [1.82, 2.24) is 9.62 Å². The maximum Gasteiger partial charge on any atom is 0.243 e. The molecule has 1 aliphatic heterocycles. The SMILES string of the molecule is CCCNC(=O)C1CCN(S(=O)(=O)c2ccc(F)cc2C)CC1. The Morgan fingerprint density at radius 1 is 1.35 bits per heavy atom. The second-order valence-corrected chi connectivity index (χ2v) is 7.79. The van der Waals surface area contributed by atoms with Crippen molar-refractivity contribution < 1.29 is 17.6 Å². The summed E-state index contributed by atoms with van der Waals surface area (Å²) in [7, 11) is -3.64. The topological polar surface area (TPSA) is 66.5 Å². The van der Waals surface area contributed by atoms with Crippen molar-refractivity contribution in [2.75, 3.05) is 19.6 Å². The minimum atomic E-state index is -3.64. The largest absolute Gasteiger partial charge is 0.356 e. The number of carbonyl (C=O) groups is 1. The first-order chi connectivity index (χ1) is 10.9. The number of sulfonamides is 1. The lowest BCUT2D eigenvalue weighted by Crippen LogP contribution is -2.43. The van der Waals surface area contributed by atoms with E-state index in [4.69, 9.17) is 0 Å². The molecule has 0 bridgehead atoms. The Balaban J connectivity index is 2.05. The van der Waals surface area contributed by atoms with Crippen LogP contribution in [0, 0.1) is 18.7 Å². The molecule has 1 amide bonds. The van der Waals surface area contributed by atoms with Crippen molar-refractivity contribution in [1.29, 1.82) is 0 Å². The van der Waals surface area contributed by atoms with Gasteiger partial charge in [0.2, 0.25) is 15.9 Å². The number of aryl methyl sites for hydroxylation is 1. The Kier molecular flexibility index (Phi) is 5.75. The zero-order valence-electron chi connectivity index (χ0n) is 13.5. The van der Waals surface area contributed by atoms with E-state index in [0.717, 1.165) is 12.5 Å². The van der Waals surface area contributed by atoms with Crippen molar-refractivity contribution in [2.24, 2.45) is 5.92 Å². The molecule has 0 saturated carbocycles. The van der Waals surface area contributed by atoms with Crippen molar-refractivity contribution >= 4 is 15.9 Å². The molecule has 0 unspecified atom stereocenters. The van der Waals surface area contributed by atoms with Crippen LogP contribution in [-0.2, 0) is 14.8 Å². The van der Waals surface area contributed by atoms with Gasteiger partial charge in [-0.05, 0) is 49.9 Å². The fourth-order valence-electron chi connectivity index (χ4n) is 2.79. The smallest absolute Gasteiger partial charge is 0.243 e. The Labute approximate surface area is 136 Å². The van der Waals surface area contributed by atoms with Crippen molar-refractivity contribution in [3.63, 3.8) is 0 Å². The van der Waals surface area contributed by atoms with Gasteiger partial charge in [-0.15, -0.1) is 0 Å². The summed E-state index contributed by atoms with van der Waals surface area (Å²) in [6, 6.07) is 3.68. The normalized spacial score (nSPS) is 17.2. The first-order valence-electron chi connectivity index (χ1n) is 7.90. The summed E-state index contributed by atoms with van der Waals surface area (Å²) >= 11 is 0. The first-order valence-corrected chi connectivity index (χ1v) is 9.34. The zero-order valence-corrected chi connectivity index (χ0v) is 14.3. The Morgan fingerprint density at radius 3 is 2.57 bits per heavy atom.